The van der Waals surface area contributed by atoms with Gasteiger partial charge in [-0.15, -0.1) is 0 Å². The van der Waals surface area contributed by atoms with Crippen LogP contribution in [0.1, 0.15) is 26.7 Å². The number of cyclic esters (lactones) is 1. The van der Waals surface area contributed by atoms with E-state index in [0.29, 0.717) is 30.5 Å². The van der Waals surface area contributed by atoms with Gasteiger partial charge in [0.25, 0.3) is 0 Å². The molecule has 0 bridgehead atoms. The second-order valence-electron chi connectivity index (χ2n) is 6.16. The molecule has 0 aliphatic carbocycles. The van der Waals surface area contributed by atoms with E-state index in [-0.39, 0.29) is 11.9 Å². The van der Waals surface area contributed by atoms with Crippen LogP contribution in [0.2, 0.25) is 0 Å². The summed E-state index contributed by atoms with van der Waals surface area (Å²) in [6, 6.07) is 8.41. The summed E-state index contributed by atoms with van der Waals surface area (Å²) < 4.78 is 4.88. The number of ether oxygens (including phenoxy) is 1. The van der Waals surface area contributed by atoms with Gasteiger partial charge in [-0.25, -0.2) is 4.79 Å². The third-order valence-corrected chi connectivity index (χ3v) is 3.83. The standard InChI is InChI=1S/C17H23N3O3S/c1-11(2)10-14(15(21)19-13-8-9-23-16(13)22)20-17(24)18-12-6-4-3-5-7-12/h3-7,11,13-14H,8-10H2,1-2H3,(H,19,21)(H2,18,20,24)/t13-,14-/m0/s1. The van der Waals surface area contributed by atoms with Crippen LogP contribution in [0.25, 0.3) is 0 Å². The Balaban J connectivity index is 1.95. The Morgan fingerprint density at radius 2 is 2.04 bits per heavy atom. The molecule has 0 unspecified atom stereocenters. The number of nitrogens with one attached hydrogen (secondary N) is 3. The van der Waals surface area contributed by atoms with Crippen molar-refractivity contribution >= 4 is 34.9 Å². The molecule has 1 aliphatic heterocycles. The first-order valence-corrected chi connectivity index (χ1v) is 8.46. The fraction of sp³-hybridized carbons (Fsp3) is 0.471. The number of hydrogen-bond donors (Lipinski definition) is 3. The Labute approximate surface area is 147 Å². The third kappa shape index (κ3) is 5.49. The number of para-hydroxylation sites is 1. The van der Waals surface area contributed by atoms with Gasteiger partial charge in [-0.05, 0) is 36.7 Å². The number of rotatable bonds is 6. The molecule has 2 rings (SSSR count). The van der Waals surface area contributed by atoms with Crippen LogP contribution in [-0.4, -0.2) is 35.7 Å². The summed E-state index contributed by atoms with van der Waals surface area (Å²) >= 11 is 5.30. The largest absolute Gasteiger partial charge is 0.464 e. The molecule has 1 aromatic rings. The minimum Gasteiger partial charge on any atom is -0.464 e. The Morgan fingerprint density at radius 3 is 2.62 bits per heavy atom. The lowest BCUT2D eigenvalue weighted by Gasteiger charge is -2.23. The van der Waals surface area contributed by atoms with Gasteiger partial charge in [0.1, 0.15) is 12.1 Å². The van der Waals surface area contributed by atoms with Gasteiger partial charge in [0.05, 0.1) is 6.61 Å². The van der Waals surface area contributed by atoms with Gasteiger partial charge in [-0.2, -0.15) is 0 Å². The van der Waals surface area contributed by atoms with Gasteiger partial charge in [0, 0.05) is 12.1 Å². The van der Waals surface area contributed by atoms with Crippen LogP contribution in [-0.2, 0) is 14.3 Å². The van der Waals surface area contributed by atoms with Gasteiger partial charge in [-0.1, -0.05) is 32.0 Å². The number of anilines is 1. The number of benzene rings is 1. The molecule has 1 aromatic carbocycles. The van der Waals surface area contributed by atoms with E-state index in [1.807, 2.05) is 44.2 Å². The summed E-state index contributed by atoms with van der Waals surface area (Å²) in [6.45, 7) is 4.40. The van der Waals surface area contributed by atoms with Gasteiger partial charge in [-0.3, -0.25) is 4.79 Å². The maximum atomic E-state index is 12.5. The topological polar surface area (TPSA) is 79.5 Å². The molecule has 0 spiro atoms. The van der Waals surface area contributed by atoms with Gasteiger partial charge in [0.15, 0.2) is 5.11 Å². The Hall–Kier alpha value is -2.15. The lowest BCUT2D eigenvalue weighted by atomic mass is 10.0. The Kier molecular flexibility index (Phi) is 6.54. The summed E-state index contributed by atoms with van der Waals surface area (Å²) in [5.74, 6) is -0.329. The van der Waals surface area contributed by atoms with E-state index in [1.165, 1.54) is 0 Å². The van der Waals surface area contributed by atoms with Crippen molar-refractivity contribution in [3.05, 3.63) is 30.3 Å². The first-order valence-electron chi connectivity index (χ1n) is 8.05. The first kappa shape index (κ1) is 18.2. The molecular weight excluding hydrogens is 326 g/mol. The number of thiocarbonyl (C=S) groups is 1. The molecule has 1 aliphatic rings. The smallest absolute Gasteiger partial charge is 0.328 e. The maximum Gasteiger partial charge on any atom is 0.328 e. The van der Waals surface area contributed by atoms with Crippen LogP contribution in [0.4, 0.5) is 5.69 Å². The second-order valence-corrected chi connectivity index (χ2v) is 6.57. The molecule has 2 atom stereocenters. The van der Waals surface area contributed by atoms with Crippen molar-refractivity contribution in [2.45, 2.75) is 38.8 Å². The molecule has 1 heterocycles. The highest BCUT2D eigenvalue weighted by Gasteiger charge is 2.31. The highest BCUT2D eigenvalue weighted by molar-refractivity contribution is 7.80. The summed E-state index contributed by atoms with van der Waals surface area (Å²) in [5, 5.41) is 9.20. The SMILES string of the molecule is CC(C)C[C@H](NC(=S)Nc1ccccc1)C(=O)N[C@H]1CCOC1=O. The average Bonchev–Trinajstić information content (AvgIpc) is 2.92. The molecule has 0 radical (unpaired) electrons. The number of amides is 1. The van der Waals surface area contributed by atoms with Crippen molar-refractivity contribution in [2.75, 3.05) is 11.9 Å². The monoisotopic (exact) mass is 349 g/mol. The highest BCUT2D eigenvalue weighted by atomic mass is 32.1. The third-order valence-electron chi connectivity index (χ3n) is 3.61. The van der Waals surface area contributed by atoms with Crippen LogP contribution in [0.5, 0.6) is 0 Å². The molecule has 0 saturated carbocycles. The number of esters is 1. The average molecular weight is 349 g/mol. The van der Waals surface area contributed by atoms with Gasteiger partial charge >= 0.3 is 5.97 Å². The zero-order valence-electron chi connectivity index (χ0n) is 13.9. The highest BCUT2D eigenvalue weighted by Crippen LogP contribution is 2.10. The molecular formula is C17H23N3O3S. The predicted molar refractivity (Wildman–Crippen MR) is 96.5 cm³/mol. The van der Waals surface area contributed by atoms with Crippen LogP contribution in [0.15, 0.2) is 30.3 Å². The van der Waals surface area contributed by atoms with E-state index in [4.69, 9.17) is 17.0 Å². The summed E-state index contributed by atoms with van der Waals surface area (Å²) in [4.78, 5) is 24.0. The number of carbonyl (C=O) groups is 2. The summed E-state index contributed by atoms with van der Waals surface area (Å²) in [5.41, 5.74) is 0.845. The number of hydrogen-bond acceptors (Lipinski definition) is 4. The molecule has 0 aromatic heterocycles. The molecule has 6 nitrogen and oxygen atoms in total. The molecule has 130 valence electrons. The molecule has 1 fully saturated rings. The molecule has 1 saturated heterocycles. The normalized spacial score (nSPS) is 18.0. The van der Waals surface area contributed by atoms with Crippen LogP contribution in [0, 0.1) is 5.92 Å². The van der Waals surface area contributed by atoms with Crippen LogP contribution >= 0.6 is 12.2 Å². The lowest BCUT2D eigenvalue weighted by Crippen LogP contribution is -2.52. The van der Waals surface area contributed by atoms with E-state index in [2.05, 4.69) is 16.0 Å². The molecule has 3 N–H and O–H groups in total. The predicted octanol–water partition coefficient (Wildman–Crippen LogP) is 1.82. The van der Waals surface area contributed by atoms with E-state index in [0.717, 1.165) is 5.69 Å². The van der Waals surface area contributed by atoms with E-state index in [1.54, 1.807) is 0 Å². The maximum absolute atomic E-state index is 12.5. The minimum atomic E-state index is -0.565. The molecule has 1 amide bonds. The second kappa shape index (κ2) is 8.63. The van der Waals surface area contributed by atoms with Gasteiger partial charge < -0.3 is 20.7 Å². The van der Waals surface area contributed by atoms with E-state index < -0.39 is 12.1 Å². The van der Waals surface area contributed by atoms with E-state index >= 15 is 0 Å². The van der Waals surface area contributed by atoms with Crippen molar-refractivity contribution < 1.29 is 14.3 Å². The Bertz CT molecular complexity index is 592. The van der Waals surface area contributed by atoms with Crippen molar-refractivity contribution in [3.8, 4) is 0 Å². The van der Waals surface area contributed by atoms with Crippen molar-refractivity contribution in [1.82, 2.24) is 10.6 Å². The summed E-state index contributed by atoms with van der Waals surface area (Å²) in [7, 11) is 0. The summed E-state index contributed by atoms with van der Waals surface area (Å²) in [6.07, 6.45) is 1.11. The van der Waals surface area contributed by atoms with Crippen LogP contribution < -0.4 is 16.0 Å². The Morgan fingerprint density at radius 1 is 1.33 bits per heavy atom. The molecule has 24 heavy (non-hydrogen) atoms. The molecule has 7 heteroatoms. The number of carbonyl (C=O) groups excluding carboxylic acids is 2. The fourth-order valence-corrected chi connectivity index (χ4v) is 2.71. The van der Waals surface area contributed by atoms with E-state index in [9.17, 15) is 9.59 Å². The van der Waals surface area contributed by atoms with Crippen LogP contribution in [0.3, 0.4) is 0 Å². The zero-order valence-corrected chi connectivity index (χ0v) is 14.7. The van der Waals surface area contributed by atoms with Crippen molar-refractivity contribution in [3.63, 3.8) is 0 Å². The lowest BCUT2D eigenvalue weighted by molar-refractivity contribution is -0.141. The first-order chi connectivity index (χ1) is 11.5. The van der Waals surface area contributed by atoms with Crippen molar-refractivity contribution in [1.29, 1.82) is 0 Å². The zero-order chi connectivity index (χ0) is 17.5. The minimum absolute atomic E-state index is 0.246. The quantitative estimate of drug-likeness (QED) is 0.537. The van der Waals surface area contributed by atoms with Gasteiger partial charge in [0.2, 0.25) is 5.91 Å². The fourth-order valence-electron chi connectivity index (χ4n) is 2.45. The van der Waals surface area contributed by atoms with Crippen molar-refractivity contribution in [2.24, 2.45) is 5.92 Å².